The summed E-state index contributed by atoms with van der Waals surface area (Å²) in [4.78, 5) is 10.7. The van der Waals surface area contributed by atoms with E-state index in [1.165, 1.54) is 5.56 Å². The Morgan fingerprint density at radius 1 is 1.19 bits per heavy atom. The van der Waals surface area contributed by atoms with E-state index in [-0.39, 0.29) is 0 Å². The summed E-state index contributed by atoms with van der Waals surface area (Å²) in [5.41, 5.74) is 2.30. The third-order valence-electron chi connectivity index (χ3n) is 3.26. The number of halogens is 1. The molecule has 0 saturated carbocycles. The van der Waals surface area contributed by atoms with Gasteiger partial charge in [0.1, 0.15) is 5.82 Å². The van der Waals surface area contributed by atoms with Gasteiger partial charge in [0.25, 0.3) is 0 Å². The quantitative estimate of drug-likeness (QED) is 0.852. The van der Waals surface area contributed by atoms with Crippen LogP contribution < -0.4 is 10.2 Å². The Kier molecular flexibility index (Phi) is 5.96. The molecule has 0 saturated heterocycles. The molecule has 1 N–H and O–H groups in total. The minimum absolute atomic E-state index is 0.696. The SMILES string of the molecule is CCNCc1cnc(N(CC)Cc2ccncc2)c(Cl)c1. The molecule has 5 heteroatoms. The van der Waals surface area contributed by atoms with Crippen molar-refractivity contribution in [2.75, 3.05) is 18.0 Å². The van der Waals surface area contributed by atoms with Gasteiger partial charge in [-0.3, -0.25) is 4.98 Å². The summed E-state index contributed by atoms with van der Waals surface area (Å²) >= 11 is 6.40. The number of anilines is 1. The topological polar surface area (TPSA) is 41.1 Å². The maximum atomic E-state index is 6.40. The molecular formula is C16H21ClN4. The van der Waals surface area contributed by atoms with Gasteiger partial charge in [-0.15, -0.1) is 0 Å². The van der Waals surface area contributed by atoms with Crippen molar-refractivity contribution in [3.8, 4) is 0 Å². The van der Waals surface area contributed by atoms with Gasteiger partial charge in [0.15, 0.2) is 0 Å². The fourth-order valence-corrected chi connectivity index (χ4v) is 2.42. The predicted octanol–water partition coefficient (Wildman–Crippen LogP) is 3.27. The number of aromatic nitrogens is 2. The molecule has 2 rings (SSSR count). The number of hydrogen-bond acceptors (Lipinski definition) is 4. The molecule has 0 aliphatic heterocycles. The summed E-state index contributed by atoms with van der Waals surface area (Å²) in [5.74, 6) is 0.830. The molecule has 0 atom stereocenters. The highest BCUT2D eigenvalue weighted by atomic mass is 35.5. The van der Waals surface area contributed by atoms with Crippen LogP contribution in [0.1, 0.15) is 25.0 Å². The molecule has 0 amide bonds. The van der Waals surface area contributed by atoms with Crippen LogP contribution in [0.5, 0.6) is 0 Å². The smallest absolute Gasteiger partial charge is 0.147 e. The number of nitrogens with zero attached hydrogens (tertiary/aromatic N) is 3. The predicted molar refractivity (Wildman–Crippen MR) is 87.6 cm³/mol. The van der Waals surface area contributed by atoms with Crippen molar-refractivity contribution in [2.45, 2.75) is 26.9 Å². The first-order chi connectivity index (χ1) is 10.2. The van der Waals surface area contributed by atoms with Gasteiger partial charge in [-0.1, -0.05) is 18.5 Å². The van der Waals surface area contributed by atoms with Gasteiger partial charge in [-0.25, -0.2) is 4.98 Å². The van der Waals surface area contributed by atoms with Crippen LogP contribution in [0.15, 0.2) is 36.8 Å². The molecule has 0 spiro atoms. The lowest BCUT2D eigenvalue weighted by Crippen LogP contribution is -2.23. The molecule has 112 valence electrons. The van der Waals surface area contributed by atoms with Crippen molar-refractivity contribution in [3.63, 3.8) is 0 Å². The van der Waals surface area contributed by atoms with Gasteiger partial charge in [0.05, 0.1) is 5.02 Å². The molecule has 0 aliphatic rings. The first kappa shape index (κ1) is 15.7. The van der Waals surface area contributed by atoms with Gasteiger partial charge < -0.3 is 10.2 Å². The van der Waals surface area contributed by atoms with Crippen LogP contribution >= 0.6 is 11.6 Å². The molecule has 0 unspecified atom stereocenters. The van der Waals surface area contributed by atoms with Crippen LogP contribution in [-0.2, 0) is 13.1 Å². The van der Waals surface area contributed by atoms with Crippen molar-refractivity contribution in [1.82, 2.24) is 15.3 Å². The molecule has 0 fully saturated rings. The second kappa shape index (κ2) is 7.96. The average molecular weight is 305 g/mol. The normalized spacial score (nSPS) is 10.6. The van der Waals surface area contributed by atoms with Crippen molar-refractivity contribution >= 4 is 17.4 Å². The Morgan fingerprint density at radius 2 is 1.95 bits per heavy atom. The standard InChI is InChI=1S/C16H21ClN4/c1-3-18-10-14-9-15(17)16(20-11-14)21(4-2)12-13-5-7-19-8-6-13/h5-9,11,18H,3-4,10,12H2,1-2H3. The molecule has 2 aromatic heterocycles. The maximum absolute atomic E-state index is 6.40. The second-order valence-corrected chi connectivity index (χ2v) is 5.21. The van der Waals surface area contributed by atoms with Gasteiger partial charge in [-0.2, -0.15) is 0 Å². The summed E-state index contributed by atoms with van der Waals surface area (Å²) in [5, 5.41) is 3.97. The van der Waals surface area contributed by atoms with Crippen molar-refractivity contribution in [2.24, 2.45) is 0 Å². The first-order valence-electron chi connectivity index (χ1n) is 7.23. The molecule has 0 bridgehead atoms. The zero-order chi connectivity index (χ0) is 15.1. The Balaban J connectivity index is 2.14. The first-order valence-corrected chi connectivity index (χ1v) is 7.61. The highest BCUT2D eigenvalue weighted by Gasteiger charge is 2.11. The molecule has 0 aliphatic carbocycles. The van der Waals surface area contributed by atoms with Gasteiger partial charge in [0.2, 0.25) is 0 Å². The van der Waals surface area contributed by atoms with Crippen LogP contribution in [0.2, 0.25) is 5.02 Å². The van der Waals surface area contributed by atoms with E-state index in [0.717, 1.165) is 37.6 Å². The van der Waals surface area contributed by atoms with Crippen LogP contribution in [-0.4, -0.2) is 23.1 Å². The lowest BCUT2D eigenvalue weighted by molar-refractivity contribution is 0.723. The number of hydrogen-bond donors (Lipinski definition) is 1. The van der Waals surface area contributed by atoms with Crippen molar-refractivity contribution < 1.29 is 0 Å². The molecule has 21 heavy (non-hydrogen) atoms. The van der Waals surface area contributed by atoms with E-state index in [4.69, 9.17) is 11.6 Å². The Morgan fingerprint density at radius 3 is 2.57 bits per heavy atom. The number of nitrogens with one attached hydrogen (secondary N) is 1. The highest BCUT2D eigenvalue weighted by Crippen LogP contribution is 2.25. The Hall–Kier alpha value is -1.65. The Labute approximate surface area is 131 Å². The summed E-state index contributed by atoms with van der Waals surface area (Å²) in [6.07, 6.45) is 5.49. The molecule has 0 aromatic carbocycles. The van der Waals surface area contributed by atoms with Gasteiger partial charge in [0, 0.05) is 38.2 Å². The van der Waals surface area contributed by atoms with Crippen LogP contribution in [0.4, 0.5) is 5.82 Å². The molecular weight excluding hydrogens is 284 g/mol. The van der Waals surface area contributed by atoms with E-state index >= 15 is 0 Å². The second-order valence-electron chi connectivity index (χ2n) is 4.80. The van der Waals surface area contributed by atoms with Gasteiger partial charge in [-0.05, 0) is 42.8 Å². The van der Waals surface area contributed by atoms with E-state index < -0.39 is 0 Å². The van der Waals surface area contributed by atoms with E-state index in [9.17, 15) is 0 Å². The van der Waals surface area contributed by atoms with Crippen LogP contribution in [0, 0.1) is 0 Å². The fourth-order valence-electron chi connectivity index (χ4n) is 2.11. The Bertz CT molecular complexity index is 559. The van der Waals surface area contributed by atoms with Crippen molar-refractivity contribution in [3.05, 3.63) is 52.9 Å². The molecule has 2 aromatic rings. The van der Waals surface area contributed by atoms with E-state index in [1.54, 1.807) is 12.4 Å². The zero-order valence-corrected chi connectivity index (χ0v) is 13.3. The van der Waals surface area contributed by atoms with E-state index in [2.05, 4.69) is 34.0 Å². The van der Waals surface area contributed by atoms with E-state index in [0.29, 0.717) is 5.02 Å². The lowest BCUT2D eigenvalue weighted by atomic mass is 10.2. The highest BCUT2D eigenvalue weighted by molar-refractivity contribution is 6.33. The van der Waals surface area contributed by atoms with Crippen LogP contribution in [0.3, 0.4) is 0 Å². The third-order valence-corrected chi connectivity index (χ3v) is 3.54. The monoisotopic (exact) mass is 304 g/mol. The summed E-state index contributed by atoms with van der Waals surface area (Å²) < 4.78 is 0. The largest absolute Gasteiger partial charge is 0.351 e. The van der Waals surface area contributed by atoms with E-state index in [1.807, 2.05) is 24.4 Å². The molecule has 0 radical (unpaired) electrons. The van der Waals surface area contributed by atoms with Crippen molar-refractivity contribution in [1.29, 1.82) is 0 Å². The maximum Gasteiger partial charge on any atom is 0.147 e. The summed E-state index contributed by atoms with van der Waals surface area (Å²) in [6.45, 7) is 7.53. The fraction of sp³-hybridized carbons (Fsp3) is 0.375. The summed E-state index contributed by atoms with van der Waals surface area (Å²) in [7, 11) is 0. The minimum atomic E-state index is 0.696. The average Bonchev–Trinajstić information content (AvgIpc) is 2.52. The molecule has 4 nitrogen and oxygen atoms in total. The molecule has 2 heterocycles. The zero-order valence-electron chi connectivity index (χ0n) is 12.5. The number of pyridine rings is 2. The minimum Gasteiger partial charge on any atom is -0.351 e. The number of rotatable bonds is 7. The van der Waals surface area contributed by atoms with Crippen LogP contribution in [0.25, 0.3) is 0 Å². The van der Waals surface area contributed by atoms with Gasteiger partial charge >= 0.3 is 0 Å². The lowest BCUT2D eigenvalue weighted by Gasteiger charge is -2.23. The summed E-state index contributed by atoms with van der Waals surface area (Å²) in [6, 6.07) is 6.01. The third kappa shape index (κ3) is 4.41.